The summed E-state index contributed by atoms with van der Waals surface area (Å²) in [6, 6.07) is 0. The summed E-state index contributed by atoms with van der Waals surface area (Å²) < 4.78 is 25.2. The van der Waals surface area contributed by atoms with E-state index >= 15 is 0 Å². The molecule has 0 spiro atoms. The molecule has 0 aliphatic heterocycles. The van der Waals surface area contributed by atoms with Crippen LogP contribution < -0.4 is 0 Å². The molecule has 0 amide bonds. The molecule has 3 nitrogen and oxygen atoms in total. The van der Waals surface area contributed by atoms with Crippen LogP contribution in [-0.2, 0) is 14.6 Å². The number of sulfone groups is 1. The SMILES string of the molecule is COCCS(C)(=O)=O. The van der Waals surface area contributed by atoms with Gasteiger partial charge in [-0.05, 0) is 0 Å². The zero-order valence-corrected chi connectivity index (χ0v) is 5.86. The van der Waals surface area contributed by atoms with E-state index in [1.165, 1.54) is 13.4 Å². The quantitative estimate of drug-likeness (QED) is 0.536. The molecular formula is C4H10O3S. The van der Waals surface area contributed by atoms with Crippen LogP contribution in [0.4, 0.5) is 0 Å². The van der Waals surface area contributed by atoms with Gasteiger partial charge < -0.3 is 4.74 Å². The normalized spacial score (nSPS) is 11.8. The Bertz CT molecular complexity index is 135. The van der Waals surface area contributed by atoms with Gasteiger partial charge in [-0.3, -0.25) is 0 Å². The van der Waals surface area contributed by atoms with Crippen molar-refractivity contribution < 1.29 is 13.2 Å². The summed E-state index contributed by atoms with van der Waals surface area (Å²) in [6.45, 7) is 0.291. The lowest BCUT2D eigenvalue weighted by Crippen LogP contribution is -2.07. The minimum Gasteiger partial charge on any atom is -0.384 e. The van der Waals surface area contributed by atoms with Crippen molar-refractivity contribution in [3.05, 3.63) is 0 Å². The molecule has 0 aromatic carbocycles. The van der Waals surface area contributed by atoms with E-state index in [1.807, 2.05) is 0 Å². The van der Waals surface area contributed by atoms with Crippen molar-refractivity contribution in [2.24, 2.45) is 0 Å². The van der Waals surface area contributed by atoms with Gasteiger partial charge in [0.1, 0.15) is 9.84 Å². The second kappa shape index (κ2) is 3.04. The van der Waals surface area contributed by atoms with Crippen LogP contribution in [0.15, 0.2) is 0 Å². The van der Waals surface area contributed by atoms with Crippen molar-refractivity contribution in [3.8, 4) is 0 Å². The summed E-state index contributed by atoms with van der Waals surface area (Å²) in [7, 11) is -1.33. The lowest BCUT2D eigenvalue weighted by atomic mass is 10.9. The summed E-state index contributed by atoms with van der Waals surface area (Å²) in [5.74, 6) is 0.115. The molecule has 0 aromatic heterocycles. The maximum atomic E-state index is 10.3. The molecule has 0 radical (unpaired) electrons. The van der Waals surface area contributed by atoms with Gasteiger partial charge in [0.05, 0.1) is 12.4 Å². The highest BCUT2D eigenvalue weighted by Crippen LogP contribution is 1.80. The van der Waals surface area contributed by atoms with Gasteiger partial charge in [-0.15, -0.1) is 0 Å². The Labute approximate surface area is 49.6 Å². The Kier molecular flexibility index (Phi) is 3.01. The van der Waals surface area contributed by atoms with Crippen LogP contribution in [0.2, 0.25) is 0 Å². The highest BCUT2D eigenvalue weighted by molar-refractivity contribution is 7.90. The Morgan fingerprint density at radius 3 is 2.12 bits per heavy atom. The number of methoxy groups -OCH3 is 1. The zero-order valence-electron chi connectivity index (χ0n) is 5.05. The second-order valence-electron chi connectivity index (χ2n) is 1.62. The average molecular weight is 138 g/mol. The fraction of sp³-hybridized carbons (Fsp3) is 1.00. The predicted octanol–water partition coefficient (Wildman–Crippen LogP) is -0.323. The molecule has 0 aromatic rings. The highest BCUT2D eigenvalue weighted by Gasteiger charge is 1.98. The fourth-order valence-electron chi connectivity index (χ4n) is 0.235. The first-order chi connectivity index (χ1) is 3.56. The van der Waals surface area contributed by atoms with Gasteiger partial charge in [-0.25, -0.2) is 8.42 Å². The van der Waals surface area contributed by atoms with E-state index in [0.717, 1.165) is 0 Å². The van der Waals surface area contributed by atoms with Crippen LogP contribution in [0.25, 0.3) is 0 Å². The van der Waals surface area contributed by atoms with Gasteiger partial charge in [0.2, 0.25) is 0 Å². The lowest BCUT2D eigenvalue weighted by Gasteiger charge is -1.93. The van der Waals surface area contributed by atoms with Crippen molar-refractivity contribution in [2.45, 2.75) is 0 Å². The third kappa shape index (κ3) is 5.91. The number of hydrogen-bond acceptors (Lipinski definition) is 3. The maximum absolute atomic E-state index is 10.3. The van der Waals surface area contributed by atoms with Crippen molar-refractivity contribution in [3.63, 3.8) is 0 Å². The molecule has 0 aliphatic carbocycles. The Balaban J connectivity index is 3.42. The third-order valence-electron chi connectivity index (χ3n) is 0.658. The molecule has 50 valence electrons. The van der Waals surface area contributed by atoms with Crippen LogP contribution in [0.5, 0.6) is 0 Å². The largest absolute Gasteiger partial charge is 0.384 e. The number of rotatable bonds is 3. The summed E-state index contributed by atoms with van der Waals surface area (Å²) in [4.78, 5) is 0. The van der Waals surface area contributed by atoms with E-state index in [9.17, 15) is 8.42 Å². The molecule has 8 heavy (non-hydrogen) atoms. The molecule has 0 atom stereocenters. The monoisotopic (exact) mass is 138 g/mol. The molecule has 0 bridgehead atoms. The summed E-state index contributed by atoms with van der Waals surface area (Å²) in [5, 5.41) is 0. The highest BCUT2D eigenvalue weighted by atomic mass is 32.2. The van der Waals surface area contributed by atoms with Gasteiger partial charge in [-0.1, -0.05) is 0 Å². The first-order valence-electron chi connectivity index (χ1n) is 2.23. The third-order valence-corrected chi connectivity index (χ3v) is 1.57. The van der Waals surface area contributed by atoms with Crippen LogP contribution in [0, 0.1) is 0 Å². The summed E-state index contributed by atoms with van der Waals surface area (Å²) in [5.41, 5.74) is 0. The van der Waals surface area contributed by atoms with Gasteiger partial charge >= 0.3 is 0 Å². The molecule has 0 fully saturated rings. The zero-order chi connectivity index (χ0) is 6.62. The van der Waals surface area contributed by atoms with Crippen LogP contribution in [-0.4, -0.2) is 34.1 Å². The number of ether oxygens (including phenoxy) is 1. The molecule has 0 heterocycles. The smallest absolute Gasteiger partial charge is 0.149 e. The van der Waals surface area contributed by atoms with E-state index in [-0.39, 0.29) is 5.75 Å². The minimum atomic E-state index is -2.81. The van der Waals surface area contributed by atoms with E-state index in [4.69, 9.17) is 0 Å². The summed E-state index contributed by atoms with van der Waals surface area (Å²) >= 11 is 0. The molecule has 0 saturated carbocycles. The van der Waals surface area contributed by atoms with E-state index in [1.54, 1.807) is 0 Å². The average Bonchev–Trinajstić information content (AvgIpc) is 1.59. The molecule has 4 heteroatoms. The molecular weight excluding hydrogens is 128 g/mol. The molecule has 0 rings (SSSR count). The molecule has 0 aliphatic rings. The second-order valence-corrected chi connectivity index (χ2v) is 3.88. The van der Waals surface area contributed by atoms with E-state index < -0.39 is 9.84 Å². The topological polar surface area (TPSA) is 43.4 Å². The minimum absolute atomic E-state index is 0.115. The summed E-state index contributed by atoms with van der Waals surface area (Å²) in [6.07, 6.45) is 1.19. The van der Waals surface area contributed by atoms with Crippen molar-refractivity contribution in [2.75, 3.05) is 25.7 Å². The Morgan fingerprint density at radius 2 is 2.00 bits per heavy atom. The van der Waals surface area contributed by atoms with Crippen LogP contribution >= 0.6 is 0 Å². The van der Waals surface area contributed by atoms with Crippen molar-refractivity contribution in [1.82, 2.24) is 0 Å². The Morgan fingerprint density at radius 1 is 1.50 bits per heavy atom. The first-order valence-corrected chi connectivity index (χ1v) is 4.29. The van der Waals surface area contributed by atoms with Crippen molar-refractivity contribution in [1.29, 1.82) is 0 Å². The standard InChI is InChI=1S/C4H10O3S/c1-7-3-4-8(2,5)6/h3-4H2,1-2H3. The van der Waals surface area contributed by atoms with Gasteiger partial charge in [0, 0.05) is 13.4 Å². The molecule has 0 saturated heterocycles. The first kappa shape index (κ1) is 7.91. The lowest BCUT2D eigenvalue weighted by molar-refractivity contribution is 0.217. The number of hydrogen-bond donors (Lipinski definition) is 0. The Hall–Kier alpha value is -0.0900. The molecule has 0 N–H and O–H groups in total. The fourth-order valence-corrected chi connectivity index (χ4v) is 0.704. The van der Waals surface area contributed by atoms with E-state index in [0.29, 0.717) is 6.61 Å². The van der Waals surface area contributed by atoms with Crippen LogP contribution in [0.1, 0.15) is 0 Å². The molecule has 0 unspecified atom stereocenters. The van der Waals surface area contributed by atoms with E-state index in [2.05, 4.69) is 4.74 Å². The van der Waals surface area contributed by atoms with Gasteiger partial charge in [0.15, 0.2) is 0 Å². The predicted molar refractivity (Wildman–Crippen MR) is 31.6 cm³/mol. The van der Waals surface area contributed by atoms with Crippen LogP contribution in [0.3, 0.4) is 0 Å². The van der Waals surface area contributed by atoms with Gasteiger partial charge in [0.25, 0.3) is 0 Å². The maximum Gasteiger partial charge on any atom is 0.149 e. The van der Waals surface area contributed by atoms with Gasteiger partial charge in [-0.2, -0.15) is 0 Å². The van der Waals surface area contributed by atoms with Crippen molar-refractivity contribution >= 4 is 9.84 Å².